The summed E-state index contributed by atoms with van der Waals surface area (Å²) in [6, 6.07) is 12.9. The summed E-state index contributed by atoms with van der Waals surface area (Å²) >= 11 is 5.95. The summed E-state index contributed by atoms with van der Waals surface area (Å²) < 4.78 is 27.5. The number of carbonyl (C=O) groups is 1. The number of benzene rings is 2. The first kappa shape index (κ1) is 23.7. The van der Waals surface area contributed by atoms with Crippen LogP contribution in [0.5, 0.6) is 0 Å². The molecule has 1 heterocycles. The van der Waals surface area contributed by atoms with Crippen LogP contribution < -0.4 is 4.72 Å². The van der Waals surface area contributed by atoms with Crippen molar-refractivity contribution in [2.75, 3.05) is 32.7 Å². The summed E-state index contributed by atoms with van der Waals surface area (Å²) in [5, 5.41) is 0.726. The molecule has 0 radical (unpaired) electrons. The molecule has 0 aromatic heterocycles. The van der Waals surface area contributed by atoms with Gasteiger partial charge in [0.1, 0.15) is 0 Å². The average Bonchev–Trinajstić information content (AvgIpc) is 2.97. The number of carbonyl (C=O) groups excluding carboxylic acids is 1. The number of sulfonamides is 1. The fourth-order valence-electron chi connectivity index (χ4n) is 3.64. The van der Waals surface area contributed by atoms with Gasteiger partial charge in [0.15, 0.2) is 0 Å². The lowest BCUT2D eigenvalue weighted by Crippen LogP contribution is -2.37. The molecule has 1 N–H and O–H groups in total. The third kappa shape index (κ3) is 6.77. The van der Waals surface area contributed by atoms with E-state index < -0.39 is 10.0 Å². The molecule has 2 aromatic carbocycles. The van der Waals surface area contributed by atoms with Crippen LogP contribution in [0.4, 0.5) is 0 Å². The summed E-state index contributed by atoms with van der Waals surface area (Å²) in [6.07, 6.45) is 1.05. The molecule has 1 fully saturated rings. The number of amides is 1. The van der Waals surface area contributed by atoms with Crippen LogP contribution in [0.2, 0.25) is 5.02 Å². The first-order valence-electron chi connectivity index (χ1n) is 10.6. The number of nitrogens with one attached hydrogen (secondary N) is 1. The van der Waals surface area contributed by atoms with Gasteiger partial charge in [-0.25, -0.2) is 13.1 Å². The topological polar surface area (TPSA) is 69.7 Å². The molecular formula is C23H30ClN3O3S. The van der Waals surface area contributed by atoms with Crippen LogP contribution in [0.15, 0.2) is 47.4 Å². The Kier molecular flexibility index (Phi) is 8.11. The molecule has 1 aliphatic rings. The van der Waals surface area contributed by atoms with Crippen molar-refractivity contribution < 1.29 is 13.2 Å². The van der Waals surface area contributed by atoms with E-state index in [1.807, 2.05) is 43.0 Å². The molecule has 0 unspecified atom stereocenters. The van der Waals surface area contributed by atoms with Crippen LogP contribution in [0.3, 0.4) is 0 Å². The van der Waals surface area contributed by atoms with E-state index >= 15 is 0 Å². The highest BCUT2D eigenvalue weighted by atomic mass is 35.5. The standard InChI is InChI=1S/C23H30ClN3O3S/c1-18-4-9-22(16-19(18)2)31(29,30)25-11-10-23(28)27-13-3-12-26(14-15-27)17-20-5-7-21(24)8-6-20/h4-9,16,25H,3,10-15,17H2,1-2H3. The lowest BCUT2D eigenvalue weighted by Gasteiger charge is -2.22. The monoisotopic (exact) mass is 463 g/mol. The van der Waals surface area contributed by atoms with Crippen molar-refractivity contribution in [3.8, 4) is 0 Å². The first-order valence-corrected chi connectivity index (χ1v) is 12.4. The summed E-state index contributed by atoms with van der Waals surface area (Å²) in [4.78, 5) is 17.0. The predicted molar refractivity (Wildman–Crippen MR) is 124 cm³/mol. The second kappa shape index (κ2) is 10.6. The fraction of sp³-hybridized carbons (Fsp3) is 0.435. The van der Waals surface area contributed by atoms with Crippen LogP contribution >= 0.6 is 11.6 Å². The molecule has 1 saturated heterocycles. The maximum absolute atomic E-state index is 12.6. The quantitative estimate of drug-likeness (QED) is 0.683. The van der Waals surface area contributed by atoms with Crippen LogP contribution in [0.25, 0.3) is 0 Å². The smallest absolute Gasteiger partial charge is 0.240 e. The summed E-state index contributed by atoms with van der Waals surface area (Å²) in [6.45, 7) is 7.81. The highest BCUT2D eigenvalue weighted by Crippen LogP contribution is 2.15. The maximum atomic E-state index is 12.6. The van der Waals surface area contributed by atoms with E-state index in [9.17, 15) is 13.2 Å². The molecule has 8 heteroatoms. The Morgan fingerprint density at radius 1 is 1.00 bits per heavy atom. The molecule has 0 atom stereocenters. The van der Waals surface area contributed by atoms with Gasteiger partial charge < -0.3 is 4.90 Å². The van der Waals surface area contributed by atoms with Crippen molar-refractivity contribution in [2.45, 2.75) is 38.1 Å². The van der Waals surface area contributed by atoms with Crippen LogP contribution in [-0.2, 0) is 21.4 Å². The Labute approximate surface area is 190 Å². The van der Waals surface area contributed by atoms with Crippen molar-refractivity contribution in [3.63, 3.8) is 0 Å². The zero-order valence-electron chi connectivity index (χ0n) is 18.1. The van der Waals surface area contributed by atoms with Gasteiger partial charge >= 0.3 is 0 Å². The Morgan fingerprint density at radius 2 is 1.74 bits per heavy atom. The van der Waals surface area contributed by atoms with Crippen LogP contribution in [0.1, 0.15) is 29.5 Å². The fourth-order valence-corrected chi connectivity index (χ4v) is 4.88. The maximum Gasteiger partial charge on any atom is 0.240 e. The Hall–Kier alpha value is -1.93. The van der Waals surface area contributed by atoms with Gasteiger partial charge in [-0.05, 0) is 61.2 Å². The van der Waals surface area contributed by atoms with Gasteiger partial charge in [-0.1, -0.05) is 29.8 Å². The number of aryl methyl sites for hydroxylation is 2. The molecular weight excluding hydrogens is 434 g/mol. The average molecular weight is 464 g/mol. The Morgan fingerprint density at radius 3 is 2.45 bits per heavy atom. The Balaban J connectivity index is 1.47. The minimum atomic E-state index is -3.62. The number of nitrogens with zero attached hydrogens (tertiary/aromatic N) is 2. The highest BCUT2D eigenvalue weighted by Gasteiger charge is 2.20. The number of rotatable bonds is 7. The van der Waals surface area contributed by atoms with Crippen molar-refractivity contribution in [3.05, 3.63) is 64.2 Å². The van der Waals surface area contributed by atoms with Gasteiger partial charge in [-0.15, -0.1) is 0 Å². The van der Waals surface area contributed by atoms with Gasteiger partial charge in [0.25, 0.3) is 0 Å². The van der Waals surface area contributed by atoms with E-state index in [2.05, 4.69) is 9.62 Å². The number of hydrogen-bond donors (Lipinski definition) is 1. The van der Waals surface area contributed by atoms with Gasteiger partial charge in [0.2, 0.25) is 15.9 Å². The van der Waals surface area contributed by atoms with E-state index in [0.717, 1.165) is 42.2 Å². The first-order chi connectivity index (χ1) is 14.7. The predicted octanol–water partition coefficient (Wildman–Crippen LogP) is 3.36. The minimum absolute atomic E-state index is 0.0175. The minimum Gasteiger partial charge on any atom is -0.341 e. The molecule has 0 aliphatic carbocycles. The SMILES string of the molecule is Cc1ccc(S(=O)(=O)NCCC(=O)N2CCCN(Cc3ccc(Cl)cc3)CC2)cc1C. The van der Waals surface area contributed by atoms with E-state index in [1.54, 1.807) is 18.2 Å². The summed E-state index contributed by atoms with van der Waals surface area (Å²) in [5.41, 5.74) is 3.16. The molecule has 31 heavy (non-hydrogen) atoms. The van der Waals surface area contributed by atoms with Crippen LogP contribution in [-0.4, -0.2) is 56.8 Å². The second-order valence-corrected chi connectivity index (χ2v) is 10.2. The van der Waals surface area contributed by atoms with Gasteiger partial charge in [-0.3, -0.25) is 9.69 Å². The molecule has 0 bridgehead atoms. The molecule has 3 rings (SSSR count). The zero-order chi connectivity index (χ0) is 22.4. The normalized spacial score (nSPS) is 15.6. The van der Waals surface area contributed by atoms with E-state index in [4.69, 9.17) is 11.6 Å². The van der Waals surface area contributed by atoms with Crippen LogP contribution in [0, 0.1) is 13.8 Å². The molecule has 1 amide bonds. The van der Waals surface area contributed by atoms with Gasteiger partial charge in [0, 0.05) is 50.7 Å². The van der Waals surface area contributed by atoms with Crippen molar-refractivity contribution in [2.24, 2.45) is 0 Å². The molecule has 168 valence electrons. The molecule has 6 nitrogen and oxygen atoms in total. The lowest BCUT2D eigenvalue weighted by atomic mass is 10.1. The molecule has 2 aromatic rings. The third-order valence-electron chi connectivity index (χ3n) is 5.68. The number of halogens is 1. The summed E-state index contributed by atoms with van der Waals surface area (Å²) in [5.74, 6) is -0.0175. The van der Waals surface area contributed by atoms with E-state index in [0.29, 0.717) is 13.1 Å². The zero-order valence-corrected chi connectivity index (χ0v) is 19.7. The van der Waals surface area contributed by atoms with E-state index in [1.165, 1.54) is 5.56 Å². The largest absolute Gasteiger partial charge is 0.341 e. The molecule has 0 saturated carbocycles. The van der Waals surface area contributed by atoms with Gasteiger partial charge in [0.05, 0.1) is 4.90 Å². The molecule has 1 aliphatic heterocycles. The van der Waals surface area contributed by atoms with Crippen molar-refractivity contribution in [1.82, 2.24) is 14.5 Å². The van der Waals surface area contributed by atoms with Crippen molar-refractivity contribution >= 4 is 27.5 Å². The summed E-state index contributed by atoms with van der Waals surface area (Å²) in [7, 11) is -3.62. The van der Waals surface area contributed by atoms with E-state index in [-0.39, 0.29) is 23.8 Å². The molecule has 0 spiro atoms. The number of hydrogen-bond acceptors (Lipinski definition) is 4. The second-order valence-electron chi connectivity index (χ2n) is 8.03. The highest BCUT2D eigenvalue weighted by molar-refractivity contribution is 7.89. The van der Waals surface area contributed by atoms with Gasteiger partial charge in [-0.2, -0.15) is 0 Å². The third-order valence-corrected chi connectivity index (χ3v) is 7.39. The Bertz CT molecular complexity index is 1010. The lowest BCUT2D eigenvalue weighted by molar-refractivity contribution is -0.130. The van der Waals surface area contributed by atoms with Crippen molar-refractivity contribution in [1.29, 1.82) is 0 Å².